The van der Waals surface area contributed by atoms with E-state index in [-0.39, 0.29) is 22.8 Å². The Morgan fingerprint density at radius 3 is 2.73 bits per heavy atom. The van der Waals surface area contributed by atoms with Crippen molar-refractivity contribution in [3.8, 4) is 0 Å². The number of ether oxygens (including phenoxy) is 1. The number of nitrogens with two attached hydrogens (primary N) is 1. The molecular weight excluding hydrogens is 646 g/mol. The van der Waals surface area contributed by atoms with Crippen LogP contribution in [-0.4, -0.2) is 112 Å². The molecule has 8 rings (SSSR count). The third kappa shape index (κ3) is 3.95. The fraction of sp³-hybridized carbons (Fsp3) is 0.455. The summed E-state index contributed by atoms with van der Waals surface area (Å²) in [5.74, 6) is 0.344. The molecule has 2 aliphatic heterocycles. The Morgan fingerprint density at radius 1 is 1.20 bits per heavy atom. The first kappa shape index (κ1) is 28.4. The minimum atomic E-state index is -4.33. The molecule has 0 amide bonds. The lowest BCUT2D eigenvalue weighted by Gasteiger charge is -2.28. The Bertz CT molecular complexity index is 2060. The van der Waals surface area contributed by atoms with Crippen LogP contribution in [0, 0.1) is 0 Å². The SMILES string of the molecule is Nc1ncnc2c1ncn2[C@@H]1S[C@@H]2C(OP(O)(=S)OC3[C@H](n4cnc5c(=O)n6ccnc6[nH]c54)O[C@H](CO)[C@H]3F)[C@]2(O)[C@H]1O. The van der Waals surface area contributed by atoms with Crippen molar-refractivity contribution in [2.75, 3.05) is 12.3 Å². The summed E-state index contributed by atoms with van der Waals surface area (Å²) in [7, 11) is 0. The van der Waals surface area contributed by atoms with Gasteiger partial charge < -0.3 is 40.2 Å². The maximum absolute atomic E-state index is 15.5. The van der Waals surface area contributed by atoms with Crippen molar-refractivity contribution >= 4 is 64.2 Å². The fourth-order valence-electron chi connectivity index (χ4n) is 5.83. The second-order valence-corrected chi connectivity index (χ2v) is 14.5. The van der Waals surface area contributed by atoms with Gasteiger partial charge in [-0.1, -0.05) is 0 Å². The Balaban J connectivity index is 1.04. The molecule has 7 N–H and O–H groups in total. The van der Waals surface area contributed by atoms with Gasteiger partial charge in [-0.15, -0.1) is 11.8 Å². The molecule has 3 unspecified atom stereocenters. The third-order valence-electron chi connectivity index (χ3n) is 8.07. The average Bonchev–Trinajstić information content (AvgIpc) is 3.66. The number of anilines is 1. The predicted molar refractivity (Wildman–Crippen MR) is 152 cm³/mol. The first-order valence-electron chi connectivity index (χ1n) is 13.0. The van der Waals surface area contributed by atoms with Gasteiger partial charge in [-0.25, -0.2) is 33.7 Å². The topological polar surface area (TPSA) is 246 Å². The standard InChI is InChI=1S/C22H22FN10O8PS2/c23-8-7(3-34)39-19(32-5-29-10-17(32)30-21-25-1-2-31(21)18(10)36)11(8)40-42(38,43)41-13-14-22(13,37)12(35)20(44-14)33-6-28-9-15(24)26-4-27-16(9)33/h1-2,4-8,11-14,19-20,34-35,37H,3H2,(H,25,30)(H,38,43)(H2,24,26,27)/t7-,8-,11?,12+,13?,14-,19-,20-,22-,42?/m1/s1. The maximum Gasteiger partial charge on any atom is 0.325 e. The van der Waals surface area contributed by atoms with Crippen LogP contribution in [0.25, 0.3) is 28.1 Å². The lowest BCUT2D eigenvalue weighted by molar-refractivity contribution is -0.0514. The second-order valence-electron chi connectivity index (χ2n) is 10.5. The summed E-state index contributed by atoms with van der Waals surface area (Å²) in [6.45, 7) is -5.06. The van der Waals surface area contributed by atoms with Crippen LogP contribution in [0.1, 0.15) is 11.6 Å². The molecule has 3 fully saturated rings. The van der Waals surface area contributed by atoms with Crippen LogP contribution in [0.5, 0.6) is 0 Å². The van der Waals surface area contributed by atoms with E-state index >= 15 is 4.39 Å². The highest BCUT2D eigenvalue weighted by Gasteiger charge is 2.78. The molecule has 5 aromatic heterocycles. The smallest absolute Gasteiger partial charge is 0.325 e. The molecule has 22 heteroatoms. The summed E-state index contributed by atoms with van der Waals surface area (Å²) in [5.41, 5.74) is 4.34. The highest BCUT2D eigenvalue weighted by Crippen LogP contribution is 2.67. The highest BCUT2D eigenvalue weighted by atomic mass is 32.5. The van der Waals surface area contributed by atoms with E-state index in [9.17, 15) is 25.0 Å². The molecule has 2 saturated heterocycles. The zero-order chi connectivity index (χ0) is 30.7. The van der Waals surface area contributed by atoms with Crippen molar-refractivity contribution in [3.63, 3.8) is 0 Å². The lowest BCUT2D eigenvalue weighted by Crippen LogP contribution is -2.36. The van der Waals surface area contributed by atoms with Crippen LogP contribution in [0.15, 0.2) is 36.2 Å². The van der Waals surface area contributed by atoms with Gasteiger partial charge in [0.1, 0.15) is 52.9 Å². The van der Waals surface area contributed by atoms with Gasteiger partial charge in [0.05, 0.1) is 24.5 Å². The average molecular weight is 669 g/mol. The molecule has 5 aromatic rings. The molecule has 18 nitrogen and oxygen atoms in total. The molecule has 10 atom stereocenters. The number of nitrogens with one attached hydrogen (secondary N) is 1. The number of aromatic nitrogens is 9. The van der Waals surface area contributed by atoms with Crippen molar-refractivity contribution in [3.05, 3.63) is 41.7 Å². The molecule has 3 aliphatic rings. The number of fused-ring (bicyclic) bond motifs is 4. The van der Waals surface area contributed by atoms with Gasteiger partial charge in [0.15, 0.2) is 29.4 Å². The largest absolute Gasteiger partial charge is 0.394 e. The Kier molecular flexibility index (Phi) is 6.25. The molecule has 1 aliphatic carbocycles. The minimum Gasteiger partial charge on any atom is -0.394 e. The van der Waals surface area contributed by atoms with Gasteiger partial charge in [-0.05, 0) is 11.8 Å². The lowest BCUT2D eigenvalue weighted by atomic mass is 10.1. The van der Waals surface area contributed by atoms with Crippen molar-refractivity contribution < 1.29 is 38.4 Å². The van der Waals surface area contributed by atoms with E-state index in [1.807, 2.05) is 0 Å². The molecule has 1 saturated carbocycles. The number of hydrogen-bond donors (Lipinski definition) is 6. The van der Waals surface area contributed by atoms with Gasteiger partial charge in [0, 0.05) is 12.4 Å². The highest BCUT2D eigenvalue weighted by molar-refractivity contribution is 8.07. The number of aromatic amines is 1. The summed E-state index contributed by atoms with van der Waals surface area (Å²) in [6.07, 6.45) is -2.15. The maximum atomic E-state index is 15.5. The van der Waals surface area contributed by atoms with Gasteiger partial charge >= 0.3 is 6.72 Å². The zero-order valence-corrected chi connectivity index (χ0v) is 24.5. The molecule has 0 spiro atoms. The number of aliphatic hydroxyl groups is 3. The van der Waals surface area contributed by atoms with Crippen LogP contribution in [0.3, 0.4) is 0 Å². The first-order chi connectivity index (χ1) is 21.0. The third-order valence-corrected chi connectivity index (χ3v) is 11.3. The number of nitrogens with zero attached hydrogens (tertiary/aromatic N) is 8. The van der Waals surface area contributed by atoms with Crippen LogP contribution in [0.4, 0.5) is 10.2 Å². The first-order valence-corrected chi connectivity index (χ1v) is 16.6. The summed E-state index contributed by atoms with van der Waals surface area (Å²) in [5, 5.41) is 30.7. The van der Waals surface area contributed by atoms with E-state index in [1.165, 1.54) is 40.3 Å². The number of alkyl halides is 1. The van der Waals surface area contributed by atoms with E-state index < -0.39 is 71.9 Å². The summed E-state index contributed by atoms with van der Waals surface area (Å²) >= 11 is 6.36. The quantitative estimate of drug-likeness (QED) is 0.111. The van der Waals surface area contributed by atoms with E-state index in [4.69, 9.17) is 31.3 Å². The Hall–Kier alpha value is -3.11. The van der Waals surface area contributed by atoms with E-state index in [0.717, 1.165) is 11.8 Å². The van der Waals surface area contributed by atoms with Crippen molar-refractivity contribution in [1.29, 1.82) is 0 Å². The zero-order valence-electron chi connectivity index (χ0n) is 21.9. The predicted octanol–water partition coefficient (Wildman–Crippen LogP) is -1.27. The van der Waals surface area contributed by atoms with E-state index in [0.29, 0.717) is 11.2 Å². The number of thioether (sulfide) groups is 1. The van der Waals surface area contributed by atoms with Crippen LogP contribution >= 0.6 is 18.5 Å². The number of hydrogen-bond acceptors (Lipinski definition) is 15. The number of aliphatic hydroxyl groups excluding tert-OH is 2. The second kappa shape index (κ2) is 9.69. The minimum absolute atomic E-state index is 0.00574. The van der Waals surface area contributed by atoms with Gasteiger partial charge in [0.2, 0.25) is 5.78 Å². The Labute approximate surface area is 252 Å². The normalized spacial score (nSPS) is 34.7. The van der Waals surface area contributed by atoms with Crippen LogP contribution < -0.4 is 11.3 Å². The van der Waals surface area contributed by atoms with E-state index in [1.54, 1.807) is 4.57 Å². The van der Waals surface area contributed by atoms with Crippen LogP contribution in [0.2, 0.25) is 0 Å². The monoisotopic (exact) mass is 668 g/mol. The van der Waals surface area contributed by atoms with Crippen molar-refractivity contribution in [2.45, 2.75) is 53.0 Å². The Morgan fingerprint density at radius 2 is 1.98 bits per heavy atom. The summed E-state index contributed by atoms with van der Waals surface area (Å²) in [6, 6.07) is 0. The number of imidazole rings is 3. The van der Waals surface area contributed by atoms with E-state index in [2.05, 4.69) is 29.9 Å². The fourth-order valence-corrected chi connectivity index (χ4v) is 9.43. The number of rotatable bonds is 7. The van der Waals surface area contributed by atoms with Crippen molar-refractivity contribution in [1.82, 2.24) is 43.4 Å². The summed E-state index contributed by atoms with van der Waals surface area (Å²) < 4.78 is 36.6. The number of halogens is 1. The molecular formula is C22H22FN10O8PS2. The molecule has 0 bridgehead atoms. The summed E-state index contributed by atoms with van der Waals surface area (Å²) in [4.78, 5) is 47.3. The van der Waals surface area contributed by atoms with Gasteiger partial charge in [-0.3, -0.25) is 18.5 Å². The van der Waals surface area contributed by atoms with Gasteiger partial charge in [0.25, 0.3) is 5.56 Å². The molecule has 7 heterocycles. The number of H-pyrrole nitrogens is 1. The van der Waals surface area contributed by atoms with Crippen molar-refractivity contribution in [2.24, 2.45) is 0 Å². The molecule has 232 valence electrons. The van der Waals surface area contributed by atoms with Crippen LogP contribution in [-0.2, 0) is 25.6 Å². The number of nitrogen functional groups attached to an aromatic ring is 1. The molecule has 0 aromatic carbocycles. The molecule has 44 heavy (non-hydrogen) atoms. The van der Waals surface area contributed by atoms with Gasteiger partial charge in [-0.2, -0.15) is 0 Å². The molecule has 0 radical (unpaired) electrons.